The molecule has 1 atom stereocenters. The van der Waals surface area contributed by atoms with Crippen LogP contribution in [0.5, 0.6) is 0 Å². The molecule has 0 spiro atoms. The lowest BCUT2D eigenvalue weighted by atomic mass is 9.94. The van der Waals surface area contributed by atoms with Gasteiger partial charge in [-0.3, -0.25) is 4.90 Å². The van der Waals surface area contributed by atoms with Crippen molar-refractivity contribution in [3.05, 3.63) is 35.6 Å². The molecule has 3 rings (SSSR count). The number of hydrogen-bond donors (Lipinski definition) is 0. The highest BCUT2D eigenvalue weighted by Crippen LogP contribution is 2.26. The van der Waals surface area contributed by atoms with Gasteiger partial charge in [0.25, 0.3) is 0 Å². The van der Waals surface area contributed by atoms with Gasteiger partial charge in [0.05, 0.1) is 6.54 Å². The SMILES string of the molecule is COCc1nccc([C@H]2CCCN(Cc3nnc(C)o3)C2)n1. The number of rotatable bonds is 5. The lowest BCUT2D eigenvalue weighted by Crippen LogP contribution is -2.34. The fraction of sp³-hybridized carbons (Fsp3) is 0.600. The van der Waals surface area contributed by atoms with Gasteiger partial charge in [-0.15, -0.1) is 10.2 Å². The van der Waals surface area contributed by atoms with E-state index in [4.69, 9.17) is 9.15 Å². The van der Waals surface area contributed by atoms with E-state index in [2.05, 4.69) is 25.1 Å². The molecule has 0 aromatic carbocycles. The number of hydrogen-bond acceptors (Lipinski definition) is 7. The normalized spacial score (nSPS) is 19.5. The molecule has 118 valence electrons. The van der Waals surface area contributed by atoms with E-state index in [9.17, 15) is 0 Å². The van der Waals surface area contributed by atoms with E-state index in [1.165, 1.54) is 0 Å². The van der Waals surface area contributed by atoms with Crippen molar-refractivity contribution in [1.29, 1.82) is 0 Å². The Hall–Kier alpha value is -1.86. The van der Waals surface area contributed by atoms with Gasteiger partial charge >= 0.3 is 0 Å². The van der Waals surface area contributed by atoms with Gasteiger partial charge in [-0.1, -0.05) is 0 Å². The van der Waals surface area contributed by atoms with Gasteiger partial charge in [-0.25, -0.2) is 9.97 Å². The second-order valence-electron chi connectivity index (χ2n) is 5.62. The average Bonchev–Trinajstić information content (AvgIpc) is 2.93. The molecule has 0 saturated carbocycles. The smallest absolute Gasteiger partial charge is 0.230 e. The Bertz CT molecular complexity index is 615. The van der Waals surface area contributed by atoms with Crippen LogP contribution in [-0.2, 0) is 17.9 Å². The van der Waals surface area contributed by atoms with Gasteiger partial charge in [0.1, 0.15) is 6.61 Å². The number of ether oxygens (including phenoxy) is 1. The summed E-state index contributed by atoms with van der Waals surface area (Å²) in [4.78, 5) is 11.2. The van der Waals surface area contributed by atoms with Crippen LogP contribution in [0.3, 0.4) is 0 Å². The number of methoxy groups -OCH3 is 1. The highest BCUT2D eigenvalue weighted by atomic mass is 16.5. The van der Waals surface area contributed by atoms with Crippen LogP contribution in [-0.4, -0.2) is 45.3 Å². The number of aromatic nitrogens is 4. The van der Waals surface area contributed by atoms with Gasteiger partial charge in [-0.05, 0) is 25.5 Å². The molecule has 0 unspecified atom stereocenters. The second-order valence-corrected chi connectivity index (χ2v) is 5.62. The van der Waals surface area contributed by atoms with Crippen LogP contribution in [0.1, 0.15) is 42.1 Å². The molecule has 1 aliphatic rings. The fourth-order valence-corrected chi connectivity index (χ4v) is 2.87. The highest BCUT2D eigenvalue weighted by Gasteiger charge is 2.24. The summed E-state index contributed by atoms with van der Waals surface area (Å²) < 4.78 is 10.6. The molecule has 7 heteroatoms. The number of likely N-dealkylation sites (tertiary alicyclic amines) is 1. The Labute approximate surface area is 129 Å². The summed E-state index contributed by atoms with van der Waals surface area (Å²) in [5, 5.41) is 7.96. The predicted octanol–water partition coefficient (Wildman–Crippen LogP) is 1.69. The van der Waals surface area contributed by atoms with Crippen molar-refractivity contribution in [2.24, 2.45) is 0 Å². The van der Waals surface area contributed by atoms with Crippen molar-refractivity contribution in [2.75, 3.05) is 20.2 Å². The zero-order chi connectivity index (χ0) is 15.4. The zero-order valence-electron chi connectivity index (χ0n) is 13.0. The predicted molar refractivity (Wildman–Crippen MR) is 79.0 cm³/mol. The molecule has 0 bridgehead atoms. The second kappa shape index (κ2) is 6.93. The summed E-state index contributed by atoms with van der Waals surface area (Å²) in [5.41, 5.74) is 1.09. The first kappa shape index (κ1) is 15.1. The lowest BCUT2D eigenvalue weighted by molar-refractivity contribution is 0.173. The van der Waals surface area contributed by atoms with Gasteiger partial charge in [0.2, 0.25) is 11.8 Å². The minimum absolute atomic E-state index is 0.413. The Balaban J connectivity index is 1.66. The van der Waals surface area contributed by atoms with Crippen LogP contribution in [0.4, 0.5) is 0 Å². The summed E-state index contributed by atoms with van der Waals surface area (Å²) in [7, 11) is 1.66. The van der Waals surface area contributed by atoms with Crippen molar-refractivity contribution >= 4 is 0 Å². The molecule has 1 fully saturated rings. The molecule has 7 nitrogen and oxygen atoms in total. The average molecular weight is 303 g/mol. The Morgan fingerprint density at radius 1 is 1.41 bits per heavy atom. The fourth-order valence-electron chi connectivity index (χ4n) is 2.87. The minimum Gasteiger partial charge on any atom is -0.424 e. The lowest BCUT2D eigenvalue weighted by Gasteiger charge is -2.31. The topological polar surface area (TPSA) is 77.2 Å². The molecule has 0 N–H and O–H groups in total. The van der Waals surface area contributed by atoms with Crippen molar-refractivity contribution in [3.8, 4) is 0 Å². The molecule has 2 aromatic rings. The van der Waals surface area contributed by atoms with Crippen LogP contribution in [0.25, 0.3) is 0 Å². The largest absolute Gasteiger partial charge is 0.424 e. The van der Waals surface area contributed by atoms with Gasteiger partial charge in [-0.2, -0.15) is 0 Å². The van der Waals surface area contributed by atoms with Crippen molar-refractivity contribution < 1.29 is 9.15 Å². The zero-order valence-corrected chi connectivity index (χ0v) is 13.0. The third kappa shape index (κ3) is 3.66. The summed E-state index contributed by atoms with van der Waals surface area (Å²) in [6.07, 6.45) is 4.10. The maximum Gasteiger partial charge on any atom is 0.230 e. The molecular weight excluding hydrogens is 282 g/mol. The van der Waals surface area contributed by atoms with Crippen LogP contribution < -0.4 is 0 Å². The molecular formula is C15H21N5O2. The number of aryl methyl sites for hydroxylation is 1. The Morgan fingerprint density at radius 2 is 2.32 bits per heavy atom. The summed E-state index contributed by atoms with van der Waals surface area (Å²) in [5.74, 6) is 2.45. The van der Waals surface area contributed by atoms with E-state index in [1.54, 1.807) is 7.11 Å². The molecule has 3 heterocycles. The first-order valence-corrected chi connectivity index (χ1v) is 7.56. The molecule has 0 aliphatic carbocycles. The molecule has 2 aromatic heterocycles. The minimum atomic E-state index is 0.413. The monoisotopic (exact) mass is 303 g/mol. The summed E-state index contributed by atoms with van der Waals surface area (Å²) in [6.45, 7) is 4.96. The van der Waals surface area contributed by atoms with Crippen LogP contribution in [0.15, 0.2) is 16.7 Å². The van der Waals surface area contributed by atoms with Crippen LogP contribution in [0, 0.1) is 6.92 Å². The van der Waals surface area contributed by atoms with Crippen LogP contribution in [0.2, 0.25) is 0 Å². The molecule has 1 aliphatic heterocycles. The van der Waals surface area contributed by atoms with Crippen molar-refractivity contribution in [1.82, 2.24) is 25.1 Å². The molecule has 0 amide bonds. The number of nitrogens with zero attached hydrogens (tertiary/aromatic N) is 5. The van der Waals surface area contributed by atoms with E-state index in [-0.39, 0.29) is 0 Å². The maximum absolute atomic E-state index is 5.47. The summed E-state index contributed by atoms with van der Waals surface area (Å²) >= 11 is 0. The summed E-state index contributed by atoms with van der Waals surface area (Å²) in [6, 6.07) is 2.00. The molecule has 0 radical (unpaired) electrons. The Kier molecular flexibility index (Phi) is 4.74. The highest BCUT2D eigenvalue weighted by molar-refractivity contribution is 5.10. The molecule has 1 saturated heterocycles. The van der Waals surface area contributed by atoms with Gasteiger partial charge in [0, 0.05) is 38.4 Å². The third-order valence-corrected chi connectivity index (χ3v) is 3.85. The third-order valence-electron chi connectivity index (χ3n) is 3.85. The van der Waals surface area contributed by atoms with Gasteiger partial charge in [0.15, 0.2) is 5.82 Å². The van der Waals surface area contributed by atoms with Crippen molar-refractivity contribution in [3.63, 3.8) is 0 Å². The quantitative estimate of drug-likeness (QED) is 0.831. The maximum atomic E-state index is 5.47. The molecule has 22 heavy (non-hydrogen) atoms. The first-order valence-electron chi connectivity index (χ1n) is 7.56. The van der Waals surface area contributed by atoms with Gasteiger partial charge < -0.3 is 9.15 Å². The van der Waals surface area contributed by atoms with E-state index in [0.29, 0.717) is 30.9 Å². The Morgan fingerprint density at radius 3 is 3.09 bits per heavy atom. The number of piperidine rings is 1. The van der Waals surface area contributed by atoms with E-state index in [0.717, 1.165) is 37.4 Å². The van der Waals surface area contributed by atoms with E-state index < -0.39 is 0 Å². The van der Waals surface area contributed by atoms with Crippen LogP contribution >= 0.6 is 0 Å². The first-order chi connectivity index (χ1) is 10.7. The van der Waals surface area contributed by atoms with E-state index >= 15 is 0 Å². The standard InChI is InChI=1S/C15H21N5O2/c1-11-18-19-15(22-11)9-20-7-3-4-12(8-20)13-5-6-16-14(17-13)10-21-2/h5-6,12H,3-4,7-10H2,1-2H3/t12-/m0/s1. The van der Waals surface area contributed by atoms with E-state index in [1.807, 2.05) is 19.2 Å². The van der Waals surface area contributed by atoms with Crippen molar-refractivity contribution in [2.45, 2.75) is 38.8 Å².